The molecule has 0 bridgehead atoms. The first-order chi connectivity index (χ1) is 7.86. The van der Waals surface area contributed by atoms with Crippen molar-refractivity contribution in [2.45, 2.75) is 19.5 Å². The number of ether oxygens (including phenoxy) is 2. The first kappa shape index (κ1) is 11.6. The van der Waals surface area contributed by atoms with Gasteiger partial charge in [-0.3, -0.25) is 4.90 Å². The highest BCUT2D eigenvalue weighted by atomic mass is 16.5. The molecule has 0 spiro atoms. The van der Waals surface area contributed by atoms with Crippen LogP contribution in [-0.2, 0) is 16.0 Å². The zero-order chi connectivity index (χ0) is 11.2. The minimum Gasteiger partial charge on any atom is -0.377 e. The molecule has 0 aliphatic carbocycles. The summed E-state index contributed by atoms with van der Waals surface area (Å²) in [6.45, 7) is 5.99. The minimum absolute atomic E-state index is 0.403. The van der Waals surface area contributed by atoms with Crippen molar-refractivity contribution in [3.8, 4) is 0 Å². The van der Waals surface area contributed by atoms with Crippen molar-refractivity contribution in [3.05, 3.63) is 35.9 Å². The summed E-state index contributed by atoms with van der Waals surface area (Å²) in [6.07, 6.45) is 0. The molecule has 1 atom stereocenters. The van der Waals surface area contributed by atoms with Crippen LogP contribution < -0.4 is 0 Å². The van der Waals surface area contributed by atoms with Crippen LogP contribution in [0, 0.1) is 0 Å². The van der Waals surface area contributed by atoms with Gasteiger partial charge in [-0.25, -0.2) is 0 Å². The van der Waals surface area contributed by atoms with Crippen LogP contribution in [-0.4, -0.2) is 37.5 Å². The molecular formula is C13H19NO2. The Labute approximate surface area is 97.0 Å². The molecule has 0 saturated carbocycles. The molecule has 1 fully saturated rings. The van der Waals surface area contributed by atoms with E-state index < -0.39 is 0 Å². The molecule has 88 valence electrons. The Morgan fingerprint density at radius 1 is 1.19 bits per heavy atom. The van der Waals surface area contributed by atoms with Crippen molar-refractivity contribution in [3.63, 3.8) is 0 Å². The molecule has 0 radical (unpaired) electrons. The van der Waals surface area contributed by atoms with Crippen LogP contribution in [0.15, 0.2) is 30.3 Å². The Morgan fingerprint density at radius 2 is 1.94 bits per heavy atom. The molecule has 1 saturated heterocycles. The van der Waals surface area contributed by atoms with Gasteiger partial charge in [0.05, 0.1) is 26.6 Å². The van der Waals surface area contributed by atoms with Gasteiger partial charge < -0.3 is 9.47 Å². The molecule has 1 aromatic rings. The number of benzene rings is 1. The van der Waals surface area contributed by atoms with Gasteiger partial charge in [-0.15, -0.1) is 0 Å². The standard InChI is InChI=1S/C13H19NO2/c1-12-10-15-7-8-16-11-14(12)9-13-5-3-2-4-6-13/h2-6,12H,7-11H2,1H3/t12-/m0/s1. The second-order valence-corrected chi connectivity index (χ2v) is 4.19. The number of hydrogen-bond acceptors (Lipinski definition) is 3. The van der Waals surface area contributed by atoms with E-state index in [1.165, 1.54) is 5.56 Å². The lowest BCUT2D eigenvalue weighted by Crippen LogP contribution is -2.40. The highest BCUT2D eigenvalue weighted by Crippen LogP contribution is 2.10. The SMILES string of the molecule is C[C@H]1COCCOCN1Cc1ccccc1. The normalized spacial score (nSPS) is 23.7. The Hall–Kier alpha value is -0.900. The fourth-order valence-electron chi connectivity index (χ4n) is 1.81. The van der Waals surface area contributed by atoms with Crippen LogP contribution in [0.5, 0.6) is 0 Å². The summed E-state index contributed by atoms with van der Waals surface area (Å²) in [6, 6.07) is 10.9. The molecule has 1 aromatic carbocycles. The van der Waals surface area contributed by atoms with Crippen LogP contribution in [0.4, 0.5) is 0 Å². The number of rotatable bonds is 2. The van der Waals surface area contributed by atoms with Gasteiger partial charge in [0.25, 0.3) is 0 Å². The third kappa shape index (κ3) is 3.30. The molecule has 3 nitrogen and oxygen atoms in total. The van der Waals surface area contributed by atoms with Gasteiger partial charge in [-0.2, -0.15) is 0 Å². The monoisotopic (exact) mass is 221 g/mol. The van der Waals surface area contributed by atoms with Gasteiger partial charge >= 0.3 is 0 Å². The molecule has 2 rings (SSSR count). The summed E-state index contributed by atoms with van der Waals surface area (Å²) in [4.78, 5) is 2.30. The van der Waals surface area contributed by atoms with Gasteiger partial charge in [0.2, 0.25) is 0 Å². The minimum atomic E-state index is 0.403. The van der Waals surface area contributed by atoms with E-state index in [4.69, 9.17) is 9.47 Å². The third-order valence-electron chi connectivity index (χ3n) is 2.84. The van der Waals surface area contributed by atoms with E-state index in [9.17, 15) is 0 Å². The zero-order valence-corrected chi connectivity index (χ0v) is 9.76. The van der Waals surface area contributed by atoms with E-state index in [1.807, 2.05) is 6.07 Å². The second kappa shape index (κ2) is 5.99. The largest absolute Gasteiger partial charge is 0.377 e. The van der Waals surface area contributed by atoms with E-state index in [2.05, 4.69) is 36.1 Å². The first-order valence-electron chi connectivity index (χ1n) is 5.80. The lowest BCUT2D eigenvalue weighted by atomic mass is 10.2. The zero-order valence-electron chi connectivity index (χ0n) is 9.76. The lowest BCUT2D eigenvalue weighted by molar-refractivity contribution is -0.0712. The van der Waals surface area contributed by atoms with E-state index >= 15 is 0 Å². The predicted octanol–water partition coefficient (Wildman–Crippen LogP) is 1.88. The molecule has 0 aromatic heterocycles. The fourth-order valence-corrected chi connectivity index (χ4v) is 1.81. The number of nitrogens with zero attached hydrogens (tertiary/aromatic N) is 1. The predicted molar refractivity (Wildman–Crippen MR) is 63.1 cm³/mol. The third-order valence-corrected chi connectivity index (χ3v) is 2.84. The topological polar surface area (TPSA) is 21.7 Å². The van der Waals surface area contributed by atoms with Crippen molar-refractivity contribution in [1.82, 2.24) is 4.90 Å². The molecule has 1 heterocycles. The maximum Gasteiger partial charge on any atom is 0.0997 e. The van der Waals surface area contributed by atoms with Crippen molar-refractivity contribution in [2.75, 3.05) is 26.6 Å². The van der Waals surface area contributed by atoms with Crippen LogP contribution >= 0.6 is 0 Å². The maximum absolute atomic E-state index is 5.53. The fraction of sp³-hybridized carbons (Fsp3) is 0.538. The van der Waals surface area contributed by atoms with E-state index in [1.54, 1.807) is 0 Å². The molecular weight excluding hydrogens is 202 g/mol. The molecule has 0 amide bonds. The van der Waals surface area contributed by atoms with E-state index in [0.29, 0.717) is 26.0 Å². The Bertz CT molecular complexity index is 302. The van der Waals surface area contributed by atoms with Crippen molar-refractivity contribution in [1.29, 1.82) is 0 Å². The van der Waals surface area contributed by atoms with Gasteiger partial charge in [0.1, 0.15) is 0 Å². The highest BCUT2D eigenvalue weighted by Gasteiger charge is 2.16. The van der Waals surface area contributed by atoms with Crippen molar-refractivity contribution < 1.29 is 9.47 Å². The van der Waals surface area contributed by atoms with Crippen LogP contribution in [0.1, 0.15) is 12.5 Å². The summed E-state index contributed by atoms with van der Waals surface area (Å²) in [7, 11) is 0. The van der Waals surface area contributed by atoms with E-state index in [0.717, 1.165) is 13.2 Å². The van der Waals surface area contributed by atoms with Gasteiger partial charge in [-0.1, -0.05) is 30.3 Å². The highest BCUT2D eigenvalue weighted by molar-refractivity contribution is 5.14. The average molecular weight is 221 g/mol. The van der Waals surface area contributed by atoms with Crippen LogP contribution in [0.25, 0.3) is 0 Å². The molecule has 1 aliphatic heterocycles. The summed E-state index contributed by atoms with van der Waals surface area (Å²) in [5.74, 6) is 0. The molecule has 16 heavy (non-hydrogen) atoms. The summed E-state index contributed by atoms with van der Waals surface area (Å²) >= 11 is 0. The summed E-state index contributed by atoms with van der Waals surface area (Å²) < 4.78 is 11.0. The van der Waals surface area contributed by atoms with Crippen LogP contribution in [0.2, 0.25) is 0 Å². The van der Waals surface area contributed by atoms with Gasteiger partial charge in [-0.05, 0) is 12.5 Å². The smallest absolute Gasteiger partial charge is 0.0997 e. The number of hydrogen-bond donors (Lipinski definition) is 0. The average Bonchev–Trinajstić information content (AvgIpc) is 2.30. The molecule has 1 aliphatic rings. The lowest BCUT2D eigenvalue weighted by Gasteiger charge is -2.30. The first-order valence-corrected chi connectivity index (χ1v) is 5.80. The molecule has 3 heteroatoms. The van der Waals surface area contributed by atoms with Crippen molar-refractivity contribution in [2.24, 2.45) is 0 Å². The Kier molecular flexibility index (Phi) is 4.34. The Balaban J connectivity index is 1.95. The quantitative estimate of drug-likeness (QED) is 0.761. The van der Waals surface area contributed by atoms with Crippen LogP contribution in [0.3, 0.4) is 0 Å². The Morgan fingerprint density at radius 3 is 2.75 bits per heavy atom. The maximum atomic E-state index is 5.53. The second-order valence-electron chi connectivity index (χ2n) is 4.19. The van der Waals surface area contributed by atoms with Gasteiger partial charge in [0, 0.05) is 12.6 Å². The summed E-state index contributed by atoms with van der Waals surface area (Å²) in [5.41, 5.74) is 1.32. The van der Waals surface area contributed by atoms with Crippen molar-refractivity contribution >= 4 is 0 Å². The molecule has 0 unspecified atom stereocenters. The van der Waals surface area contributed by atoms with Gasteiger partial charge in [0.15, 0.2) is 0 Å². The molecule has 0 N–H and O–H groups in total. The van der Waals surface area contributed by atoms with E-state index in [-0.39, 0.29) is 0 Å². The summed E-state index contributed by atoms with van der Waals surface area (Å²) in [5, 5.41) is 0.